The van der Waals surface area contributed by atoms with Gasteiger partial charge < -0.3 is 10.6 Å². The molecule has 1 aliphatic heterocycles. The molecule has 1 aliphatic carbocycles. The van der Waals surface area contributed by atoms with Gasteiger partial charge in [0.25, 0.3) is 0 Å². The smallest absolute Gasteiger partial charge is 0.224 e. The minimum Gasteiger partial charge on any atom is -0.326 e. The minimum atomic E-state index is 0.145. The second-order valence-electron chi connectivity index (χ2n) is 6.44. The van der Waals surface area contributed by atoms with Crippen LogP contribution >= 0.6 is 0 Å². The summed E-state index contributed by atoms with van der Waals surface area (Å²) in [6, 6.07) is 7.10. The van der Waals surface area contributed by atoms with Crippen molar-refractivity contribution >= 4 is 11.6 Å². The Morgan fingerprint density at radius 1 is 1.29 bits per heavy atom. The first kappa shape index (κ1) is 14.6. The van der Waals surface area contributed by atoms with Crippen molar-refractivity contribution in [2.24, 2.45) is 5.92 Å². The van der Waals surface area contributed by atoms with E-state index in [1.165, 1.54) is 43.2 Å². The average molecular weight is 286 g/mol. The number of amides is 1. The normalized spacial score (nSPS) is 20.1. The van der Waals surface area contributed by atoms with Crippen LogP contribution in [0, 0.1) is 5.92 Å². The van der Waals surface area contributed by atoms with Gasteiger partial charge in [0.2, 0.25) is 5.91 Å². The fourth-order valence-corrected chi connectivity index (χ4v) is 3.74. The SMILES string of the molecule is CCCNC(c1ccc2c(c1)CCC(=O)N2)C1CCCC1. The third-order valence-corrected chi connectivity index (χ3v) is 4.87. The first-order valence-electron chi connectivity index (χ1n) is 8.44. The molecule has 1 saturated carbocycles. The maximum atomic E-state index is 11.5. The predicted octanol–water partition coefficient (Wildman–Crippen LogP) is 3.80. The van der Waals surface area contributed by atoms with Crippen LogP contribution in [-0.2, 0) is 11.2 Å². The lowest BCUT2D eigenvalue weighted by Crippen LogP contribution is -2.28. The Bertz CT molecular complexity index is 506. The van der Waals surface area contributed by atoms with Crippen LogP contribution in [0.4, 0.5) is 5.69 Å². The first-order valence-corrected chi connectivity index (χ1v) is 8.44. The molecule has 3 heteroatoms. The molecule has 1 aromatic rings. The molecular formula is C18H26N2O. The summed E-state index contributed by atoms with van der Waals surface area (Å²) in [6.07, 6.45) is 8.09. The summed E-state index contributed by atoms with van der Waals surface area (Å²) in [6.45, 7) is 3.30. The van der Waals surface area contributed by atoms with Gasteiger partial charge in [0, 0.05) is 18.2 Å². The van der Waals surface area contributed by atoms with Crippen LogP contribution in [0.5, 0.6) is 0 Å². The van der Waals surface area contributed by atoms with Gasteiger partial charge in [-0.2, -0.15) is 0 Å². The zero-order valence-electron chi connectivity index (χ0n) is 13.0. The summed E-state index contributed by atoms with van der Waals surface area (Å²) < 4.78 is 0. The number of nitrogens with one attached hydrogen (secondary N) is 2. The summed E-state index contributed by atoms with van der Waals surface area (Å²) in [7, 11) is 0. The highest BCUT2D eigenvalue weighted by atomic mass is 16.1. The van der Waals surface area contributed by atoms with Crippen molar-refractivity contribution in [3.8, 4) is 0 Å². The van der Waals surface area contributed by atoms with Gasteiger partial charge in [-0.1, -0.05) is 31.9 Å². The quantitative estimate of drug-likeness (QED) is 0.864. The van der Waals surface area contributed by atoms with Gasteiger partial charge in [0.15, 0.2) is 0 Å². The molecule has 2 N–H and O–H groups in total. The van der Waals surface area contributed by atoms with E-state index in [0.29, 0.717) is 12.5 Å². The van der Waals surface area contributed by atoms with Gasteiger partial charge in [-0.05, 0) is 55.3 Å². The Labute approximate surface area is 127 Å². The summed E-state index contributed by atoms with van der Waals surface area (Å²) in [5.74, 6) is 0.916. The van der Waals surface area contributed by atoms with Crippen molar-refractivity contribution in [3.63, 3.8) is 0 Å². The van der Waals surface area contributed by atoms with E-state index in [9.17, 15) is 4.79 Å². The summed E-state index contributed by atoms with van der Waals surface area (Å²) in [4.78, 5) is 11.5. The van der Waals surface area contributed by atoms with E-state index >= 15 is 0 Å². The van der Waals surface area contributed by atoms with Gasteiger partial charge in [-0.3, -0.25) is 4.79 Å². The fourth-order valence-electron chi connectivity index (χ4n) is 3.74. The van der Waals surface area contributed by atoms with Crippen LogP contribution in [0.2, 0.25) is 0 Å². The lowest BCUT2D eigenvalue weighted by molar-refractivity contribution is -0.116. The van der Waals surface area contributed by atoms with Crippen molar-refractivity contribution in [3.05, 3.63) is 29.3 Å². The van der Waals surface area contributed by atoms with E-state index in [4.69, 9.17) is 0 Å². The topological polar surface area (TPSA) is 41.1 Å². The van der Waals surface area contributed by atoms with E-state index < -0.39 is 0 Å². The zero-order chi connectivity index (χ0) is 14.7. The number of benzene rings is 1. The molecule has 1 heterocycles. The van der Waals surface area contributed by atoms with Crippen molar-refractivity contribution in [1.82, 2.24) is 5.32 Å². The van der Waals surface area contributed by atoms with Gasteiger partial charge in [-0.25, -0.2) is 0 Å². The van der Waals surface area contributed by atoms with Gasteiger partial charge in [0.05, 0.1) is 0 Å². The van der Waals surface area contributed by atoms with Gasteiger partial charge >= 0.3 is 0 Å². The van der Waals surface area contributed by atoms with E-state index in [2.05, 4.69) is 35.8 Å². The Morgan fingerprint density at radius 2 is 2.10 bits per heavy atom. The van der Waals surface area contributed by atoms with Crippen LogP contribution in [0.15, 0.2) is 18.2 Å². The summed E-state index contributed by atoms with van der Waals surface area (Å²) in [5, 5.41) is 6.74. The third kappa shape index (κ3) is 3.29. The monoisotopic (exact) mass is 286 g/mol. The number of rotatable bonds is 5. The number of anilines is 1. The molecule has 1 amide bonds. The third-order valence-electron chi connectivity index (χ3n) is 4.87. The molecule has 1 aromatic carbocycles. The largest absolute Gasteiger partial charge is 0.326 e. The molecule has 3 rings (SSSR count). The Balaban J connectivity index is 1.82. The maximum absolute atomic E-state index is 11.5. The zero-order valence-corrected chi connectivity index (χ0v) is 13.0. The molecule has 3 nitrogen and oxygen atoms in total. The highest BCUT2D eigenvalue weighted by molar-refractivity contribution is 5.93. The van der Waals surface area contributed by atoms with Crippen LogP contribution in [0.25, 0.3) is 0 Å². The lowest BCUT2D eigenvalue weighted by atomic mass is 9.89. The summed E-state index contributed by atoms with van der Waals surface area (Å²) >= 11 is 0. The molecule has 0 aromatic heterocycles. The highest BCUT2D eigenvalue weighted by Crippen LogP contribution is 2.37. The molecular weight excluding hydrogens is 260 g/mol. The Morgan fingerprint density at radius 3 is 2.86 bits per heavy atom. The second-order valence-corrected chi connectivity index (χ2v) is 6.44. The maximum Gasteiger partial charge on any atom is 0.224 e. The summed E-state index contributed by atoms with van der Waals surface area (Å²) in [5.41, 5.74) is 3.72. The number of carbonyl (C=O) groups excluding carboxylic acids is 1. The van der Waals surface area contributed by atoms with Gasteiger partial charge in [0.1, 0.15) is 0 Å². The van der Waals surface area contributed by atoms with Crippen molar-refractivity contribution < 1.29 is 4.79 Å². The van der Waals surface area contributed by atoms with E-state index in [1.54, 1.807) is 0 Å². The van der Waals surface area contributed by atoms with Gasteiger partial charge in [-0.15, -0.1) is 0 Å². The average Bonchev–Trinajstić information content (AvgIpc) is 3.02. The molecule has 0 bridgehead atoms. The number of carbonyl (C=O) groups is 1. The fraction of sp³-hybridized carbons (Fsp3) is 0.611. The number of hydrogen-bond donors (Lipinski definition) is 2. The second kappa shape index (κ2) is 6.61. The Hall–Kier alpha value is -1.35. The molecule has 1 fully saturated rings. The van der Waals surface area contributed by atoms with Crippen LogP contribution in [0.1, 0.15) is 62.6 Å². The number of aryl methyl sites for hydroxylation is 1. The molecule has 114 valence electrons. The molecule has 0 saturated heterocycles. The van der Waals surface area contributed by atoms with Crippen molar-refractivity contribution in [1.29, 1.82) is 0 Å². The highest BCUT2D eigenvalue weighted by Gasteiger charge is 2.26. The predicted molar refractivity (Wildman–Crippen MR) is 86.4 cm³/mol. The van der Waals surface area contributed by atoms with Crippen LogP contribution in [-0.4, -0.2) is 12.5 Å². The molecule has 0 spiro atoms. The molecule has 21 heavy (non-hydrogen) atoms. The van der Waals surface area contributed by atoms with E-state index in [-0.39, 0.29) is 5.91 Å². The van der Waals surface area contributed by atoms with Crippen molar-refractivity contribution in [2.75, 3.05) is 11.9 Å². The minimum absolute atomic E-state index is 0.145. The van der Waals surface area contributed by atoms with Crippen LogP contribution < -0.4 is 10.6 Å². The first-order chi connectivity index (χ1) is 10.3. The lowest BCUT2D eigenvalue weighted by Gasteiger charge is -2.27. The van der Waals surface area contributed by atoms with E-state index in [1.807, 2.05) is 0 Å². The molecule has 1 unspecified atom stereocenters. The number of fused-ring (bicyclic) bond motifs is 1. The Kier molecular flexibility index (Phi) is 4.59. The molecule has 0 radical (unpaired) electrons. The van der Waals surface area contributed by atoms with Crippen LogP contribution in [0.3, 0.4) is 0 Å². The van der Waals surface area contributed by atoms with E-state index in [0.717, 1.165) is 24.6 Å². The molecule has 1 atom stereocenters. The number of hydrogen-bond acceptors (Lipinski definition) is 2. The van der Waals surface area contributed by atoms with Crippen molar-refractivity contribution in [2.45, 2.75) is 57.9 Å². The molecule has 2 aliphatic rings. The standard InChI is InChI=1S/C18H26N2O/c1-2-11-19-18(13-5-3-4-6-13)15-7-9-16-14(12-15)8-10-17(21)20-16/h7,9,12-13,18-19H,2-6,8,10-11H2,1H3,(H,20,21).